The molecule has 0 aromatic heterocycles. The van der Waals surface area contributed by atoms with Crippen LogP contribution in [0.1, 0.15) is 6.42 Å². The van der Waals surface area contributed by atoms with Gasteiger partial charge in [-0.15, -0.1) is 0 Å². The van der Waals surface area contributed by atoms with E-state index in [0.29, 0.717) is 0 Å². The Balaban J connectivity index is 2.61. The topological polar surface area (TPSA) is 0 Å². The molecule has 0 nitrogen and oxygen atoms in total. The fourth-order valence-corrected chi connectivity index (χ4v) is 1.18. The number of allylic oxidation sites excluding steroid dienone is 4. The minimum atomic E-state index is 1.22. The number of rotatable bonds is 0. The van der Waals surface area contributed by atoms with E-state index < -0.39 is 0 Å². The summed E-state index contributed by atoms with van der Waals surface area (Å²) in [6.07, 6.45) is 7.71. The van der Waals surface area contributed by atoms with E-state index in [0.717, 1.165) is 0 Å². The van der Waals surface area contributed by atoms with E-state index in [9.17, 15) is 0 Å². The predicted molar refractivity (Wildman–Crippen MR) is 27.6 cm³/mol. The van der Waals surface area contributed by atoms with Crippen molar-refractivity contribution >= 4 is 24.7 Å². The molecule has 0 aliphatic heterocycles. The zero-order valence-corrected chi connectivity index (χ0v) is 6.86. The SMILES string of the molecule is [Bi][C]1=CC=CC1. The average Bonchev–Trinajstić information content (AvgIpc) is 1.86. The van der Waals surface area contributed by atoms with Crippen LogP contribution in [0.25, 0.3) is 0 Å². The molecule has 6 heavy (non-hydrogen) atoms. The molecule has 2 radical (unpaired) electrons. The zero-order valence-electron chi connectivity index (χ0n) is 3.39. The van der Waals surface area contributed by atoms with Crippen LogP contribution in [0.4, 0.5) is 0 Å². The van der Waals surface area contributed by atoms with Crippen molar-refractivity contribution in [3.05, 3.63) is 21.5 Å². The molecule has 0 atom stereocenters. The van der Waals surface area contributed by atoms with Gasteiger partial charge in [0, 0.05) is 0 Å². The van der Waals surface area contributed by atoms with Crippen molar-refractivity contribution in [2.45, 2.75) is 6.42 Å². The second kappa shape index (κ2) is 1.88. The summed E-state index contributed by atoms with van der Waals surface area (Å²) in [5.41, 5.74) is 0. The van der Waals surface area contributed by atoms with Crippen molar-refractivity contribution in [1.82, 2.24) is 0 Å². The molecule has 0 amide bonds. The van der Waals surface area contributed by atoms with Crippen LogP contribution in [-0.4, -0.2) is 24.7 Å². The van der Waals surface area contributed by atoms with Gasteiger partial charge in [0.25, 0.3) is 0 Å². The van der Waals surface area contributed by atoms with Crippen molar-refractivity contribution in [3.63, 3.8) is 0 Å². The molecule has 0 spiro atoms. The van der Waals surface area contributed by atoms with Crippen LogP contribution in [0.2, 0.25) is 0 Å². The molecular formula is C5H5Bi. The molecule has 1 aliphatic rings. The second-order valence-corrected chi connectivity index (χ2v) is 3.52. The molecule has 0 saturated carbocycles. The van der Waals surface area contributed by atoms with Crippen LogP contribution in [0.3, 0.4) is 0 Å². The molecule has 0 aromatic carbocycles. The Kier molecular flexibility index (Phi) is 1.42. The summed E-state index contributed by atoms with van der Waals surface area (Å²) in [6.45, 7) is 0. The third-order valence-electron chi connectivity index (χ3n) is 0.752. The van der Waals surface area contributed by atoms with Crippen LogP contribution in [0.15, 0.2) is 21.5 Å². The molecule has 0 N–H and O–H groups in total. The van der Waals surface area contributed by atoms with E-state index in [4.69, 9.17) is 0 Å². The summed E-state index contributed by atoms with van der Waals surface area (Å²) in [6, 6.07) is 0. The Morgan fingerprint density at radius 1 is 1.67 bits per heavy atom. The maximum absolute atomic E-state index is 2.19. The molecule has 0 fully saturated rings. The van der Waals surface area contributed by atoms with Gasteiger partial charge in [0.1, 0.15) is 0 Å². The van der Waals surface area contributed by atoms with Crippen LogP contribution in [-0.2, 0) is 0 Å². The molecular weight excluding hydrogens is 269 g/mol. The van der Waals surface area contributed by atoms with Gasteiger partial charge in [0.05, 0.1) is 0 Å². The van der Waals surface area contributed by atoms with Crippen molar-refractivity contribution < 1.29 is 0 Å². The summed E-state index contributed by atoms with van der Waals surface area (Å²) in [4.78, 5) is 0. The van der Waals surface area contributed by atoms with Crippen molar-refractivity contribution in [1.29, 1.82) is 0 Å². The fraction of sp³-hybridized carbons (Fsp3) is 0.200. The maximum atomic E-state index is 2.19. The van der Waals surface area contributed by atoms with Gasteiger partial charge in [0.15, 0.2) is 0 Å². The first-order chi connectivity index (χ1) is 2.89. The first-order valence-corrected chi connectivity index (χ1v) is 3.68. The van der Waals surface area contributed by atoms with Crippen molar-refractivity contribution in [3.8, 4) is 0 Å². The monoisotopic (exact) mass is 274 g/mol. The Morgan fingerprint density at radius 2 is 2.50 bits per heavy atom. The Hall–Kier alpha value is 0.363. The molecule has 0 aromatic rings. The van der Waals surface area contributed by atoms with Crippen molar-refractivity contribution in [2.75, 3.05) is 0 Å². The Morgan fingerprint density at radius 3 is 2.67 bits per heavy atom. The molecule has 1 heteroatoms. The van der Waals surface area contributed by atoms with E-state index >= 15 is 0 Å². The van der Waals surface area contributed by atoms with Crippen LogP contribution in [0, 0.1) is 0 Å². The van der Waals surface area contributed by atoms with E-state index in [1.165, 1.54) is 31.1 Å². The molecule has 0 heterocycles. The standard InChI is InChI=1S/C5H5.Bi/c1-2-4-5-3-1;/h1-3H,4H2;. The number of hydrogen-bond donors (Lipinski definition) is 0. The summed E-state index contributed by atoms with van der Waals surface area (Å²) in [5, 5.41) is 0. The van der Waals surface area contributed by atoms with Gasteiger partial charge in [-0.25, -0.2) is 0 Å². The van der Waals surface area contributed by atoms with E-state index in [1.807, 2.05) is 0 Å². The summed E-state index contributed by atoms with van der Waals surface area (Å²) < 4.78 is 1.58. The van der Waals surface area contributed by atoms with Gasteiger partial charge in [-0.05, 0) is 0 Å². The predicted octanol–water partition coefficient (Wildman–Crippen LogP) is 0.999. The normalized spacial score (nSPS) is 18.5. The second-order valence-electron chi connectivity index (χ2n) is 1.29. The average molecular weight is 274 g/mol. The molecule has 1 rings (SSSR count). The summed E-state index contributed by atoms with van der Waals surface area (Å²) in [7, 11) is 0. The molecule has 0 unspecified atom stereocenters. The molecule has 1 aliphatic carbocycles. The Bertz CT molecular complexity index is 101. The summed E-state index contributed by atoms with van der Waals surface area (Å²) in [5.74, 6) is 0. The fourth-order valence-electron chi connectivity index (χ4n) is 0.436. The van der Waals surface area contributed by atoms with Gasteiger partial charge in [-0.3, -0.25) is 0 Å². The quantitative estimate of drug-likeness (QED) is 0.578. The van der Waals surface area contributed by atoms with Gasteiger partial charge in [0.2, 0.25) is 0 Å². The van der Waals surface area contributed by atoms with Gasteiger partial charge in [-0.1, -0.05) is 0 Å². The van der Waals surface area contributed by atoms with E-state index in [-0.39, 0.29) is 0 Å². The van der Waals surface area contributed by atoms with Gasteiger partial charge in [-0.2, -0.15) is 0 Å². The van der Waals surface area contributed by atoms with Crippen LogP contribution >= 0.6 is 0 Å². The summed E-state index contributed by atoms with van der Waals surface area (Å²) >= 11 is 1.43. The molecule has 30 valence electrons. The Labute approximate surface area is 52.8 Å². The third-order valence-corrected chi connectivity index (χ3v) is 2.04. The molecule has 0 saturated heterocycles. The van der Waals surface area contributed by atoms with Gasteiger partial charge < -0.3 is 0 Å². The first kappa shape index (κ1) is 4.52. The van der Waals surface area contributed by atoms with Crippen LogP contribution in [0.5, 0.6) is 0 Å². The first-order valence-electron chi connectivity index (χ1n) is 1.94. The van der Waals surface area contributed by atoms with Crippen molar-refractivity contribution in [2.24, 2.45) is 0 Å². The number of hydrogen-bond acceptors (Lipinski definition) is 0. The third kappa shape index (κ3) is 0.910. The molecule has 0 bridgehead atoms. The van der Waals surface area contributed by atoms with E-state index in [2.05, 4.69) is 18.2 Å². The van der Waals surface area contributed by atoms with E-state index in [1.54, 1.807) is 3.28 Å². The minimum absolute atomic E-state index is 1.22. The van der Waals surface area contributed by atoms with Gasteiger partial charge >= 0.3 is 52.6 Å². The van der Waals surface area contributed by atoms with Crippen LogP contribution < -0.4 is 0 Å². The zero-order chi connectivity index (χ0) is 4.41.